The van der Waals surface area contributed by atoms with Gasteiger partial charge < -0.3 is 9.84 Å². The lowest BCUT2D eigenvalue weighted by atomic mass is 10.1. The number of hydrogen-bond donors (Lipinski definition) is 1. The van der Waals surface area contributed by atoms with Gasteiger partial charge in [-0.1, -0.05) is 5.92 Å². The standard InChI is InChI=1S/C19H16N2O4/c1-19(2,3)25-18(24)21-13-15(12-20-21)7-5-4-6-14-8-10-16(11-9-14)17(22)23/h8-13H,1-3H3,(H,22,23). The predicted octanol–water partition coefficient (Wildman–Crippen LogP) is 2.77. The number of benzene rings is 1. The Morgan fingerprint density at radius 2 is 1.68 bits per heavy atom. The van der Waals surface area contributed by atoms with E-state index in [4.69, 9.17) is 9.84 Å². The lowest BCUT2D eigenvalue weighted by Crippen LogP contribution is -2.27. The number of hydrogen-bond acceptors (Lipinski definition) is 4. The van der Waals surface area contributed by atoms with Gasteiger partial charge in [-0.05, 0) is 62.8 Å². The van der Waals surface area contributed by atoms with Gasteiger partial charge in [-0.15, -0.1) is 0 Å². The van der Waals surface area contributed by atoms with E-state index in [1.54, 1.807) is 32.9 Å². The first-order valence-electron chi connectivity index (χ1n) is 7.38. The van der Waals surface area contributed by atoms with Crippen molar-refractivity contribution >= 4 is 12.1 Å². The first-order valence-corrected chi connectivity index (χ1v) is 7.38. The molecule has 0 fully saturated rings. The van der Waals surface area contributed by atoms with E-state index in [1.165, 1.54) is 24.5 Å². The fraction of sp³-hybridized carbons (Fsp3) is 0.211. The van der Waals surface area contributed by atoms with E-state index >= 15 is 0 Å². The Morgan fingerprint density at radius 3 is 2.24 bits per heavy atom. The summed E-state index contributed by atoms with van der Waals surface area (Å²) in [5, 5.41) is 12.7. The van der Waals surface area contributed by atoms with Crippen LogP contribution >= 0.6 is 0 Å². The summed E-state index contributed by atoms with van der Waals surface area (Å²) < 4.78 is 6.27. The fourth-order valence-electron chi connectivity index (χ4n) is 1.70. The zero-order chi connectivity index (χ0) is 18.4. The fourth-order valence-corrected chi connectivity index (χ4v) is 1.70. The van der Waals surface area contributed by atoms with Gasteiger partial charge in [-0.3, -0.25) is 0 Å². The lowest BCUT2D eigenvalue weighted by molar-refractivity contribution is 0.0514. The van der Waals surface area contributed by atoms with Crippen molar-refractivity contribution in [3.63, 3.8) is 0 Å². The number of aromatic nitrogens is 2. The third-order valence-corrected chi connectivity index (χ3v) is 2.77. The predicted molar refractivity (Wildman–Crippen MR) is 91.0 cm³/mol. The monoisotopic (exact) mass is 336 g/mol. The second-order valence-corrected chi connectivity index (χ2v) is 6.04. The van der Waals surface area contributed by atoms with Crippen molar-refractivity contribution in [2.75, 3.05) is 0 Å². The van der Waals surface area contributed by atoms with Crippen LogP contribution in [0, 0.1) is 23.7 Å². The largest absolute Gasteiger partial charge is 0.478 e. The molecule has 1 aromatic heterocycles. The average molecular weight is 336 g/mol. The van der Waals surface area contributed by atoms with Gasteiger partial charge in [0.1, 0.15) is 5.60 Å². The van der Waals surface area contributed by atoms with Gasteiger partial charge in [0.05, 0.1) is 23.5 Å². The molecule has 0 amide bonds. The molecule has 0 spiro atoms. The molecule has 0 aliphatic rings. The summed E-state index contributed by atoms with van der Waals surface area (Å²) in [5.41, 5.74) is 0.785. The van der Waals surface area contributed by atoms with Crippen molar-refractivity contribution in [3.05, 3.63) is 53.3 Å². The lowest BCUT2D eigenvalue weighted by Gasteiger charge is -2.18. The number of carboxylic acid groups (broad SMARTS) is 1. The molecule has 1 N–H and O–H groups in total. The summed E-state index contributed by atoms with van der Waals surface area (Å²) in [6.45, 7) is 5.31. The third-order valence-electron chi connectivity index (χ3n) is 2.77. The van der Waals surface area contributed by atoms with E-state index < -0.39 is 17.7 Å². The van der Waals surface area contributed by atoms with Gasteiger partial charge >= 0.3 is 12.1 Å². The summed E-state index contributed by atoms with van der Waals surface area (Å²) in [6.07, 6.45) is 2.33. The molecule has 0 unspecified atom stereocenters. The molecule has 6 heteroatoms. The molecule has 25 heavy (non-hydrogen) atoms. The average Bonchev–Trinajstić information content (AvgIpc) is 2.99. The van der Waals surface area contributed by atoms with Gasteiger partial charge in [0.25, 0.3) is 0 Å². The van der Waals surface area contributed by atoms with Crippen LogP contribution in [0.25, 0.3) is 0 Å². The summed E-state index contributed by atoms with van der Waals surface area (Å²) >= 11 is 0. The minimum atomic E-state index is -0.985. The van der Waals surface area contributed by atoms with Crippen LogP contribution in [0.5, 0.6) is 0 Å². The Bertz CT molecular complexity index is 911. The van der Waals surface area contributed by atoms with Crippen molar-refractivity contribution in [3.8, 4) is 23.7 Å². The van der Waals surface area contributed by atoms with E-state index in [0.717, 1.165) is 4.68 Å². The Balaban J connectivity index is 2.03. The molecule has 6 nitrogen and oxygen atoms in total. The second-order valence-electron chi connectivity index (χ2n) is 6.04. The highest BCUT2D eigenvalue weighted by Gasteiger charge is 2.18. The van der Waals surface area contributed by atoms with Gasteiger partial charge in [-0.25, -0.2) is 9.59 Å². The number of carbonyl (C=O) groups excluding carboxylic acids is 1. The van der Waals surface area contributed by atoms with E-state index in [1.807, 2.05) is 0 Å². The first kappa shape index (κ1) is 17.8. The van der Waals surface area contributed by atoms with E-state index in [0.29, 0.717) is 11.1 Å². The molecule has 0 saturated carbocycles. The molecule has 1 aromatic carbocycles. The number of aromatic carboxylic acids is 1. The molecule has 0 radical (unpaired) electrons. The second kappa shape index (κ2) is 7.37. The molecule has 0 aliphatic heterocycles. The van der Waals surface area contributed by atoms with Crippen molar-refractivity contribution in [2.45, 2.75) is 26.4 Å². The smallest absolute Gasteiger partial charge is 0.435 e. The van der Waals surface area contributed by atoms with E-state index in [9.17, 15) is 9.59 Å². The molecule has 126 valence electrons. The summed E-state index contributed by atoms with van der Waals surface area (Å²) in [4.78, 5) is 22.6. The third kappa shape index (κ3) is 5.56. The Labute approximate surface area is 145 Å². The number of carbonyl (C=O) groups is 2. The molecule has 0 bridgehead atoms. The van der Waals surface area contributed by atoms with Crippen molar-refractivity contribution in [2.24, 2.45) is 0 Å². The summed E-state index contributed by atoms with van der Waals surface area (Å²) in [6, 6.07) is 6.17. The van der Waals surface area contributed by atoms with Gasteiger partial charge in [0, 0.05) is 5.56 Å². The van der Waals surface area contributed by atoms with Gasteiger partial charge in [0.15, 0.2) is 0 Å². The molecule has 2 rings (SSSR count). The number of rotatable bonds is 1. The molecule has 0 aliphatic carbocycles. The first-order chi connectivity index (χ1) is 11.7. The quantitative estimate of drug-likeness (QED) is 0.810. The van der Waals surface area contributed by atoms with Crippen LogP contribution in [0.4, 0.5) is 4.79 Å². The Kier molecular flexibility index (Phi) is 5.26. The van der Waals surface area contributed by atoms with E-state index in [-0.39, 0.29) is 5.56 Å². The van der Waals surface area contributed by atoms with Crippen LogP contribution < -0.4 is 0 Å². The number of carboxylic acids is 1. The highest BCUT2D eigenvalue weighted by Crippen LogP contribution is 2.08. The van der Waals surface area contributed by atoms with Crippen molar-refractivity contribution in [1.29, 1.82) is 0 Å². The maximum atomic E-state index is 11.8. The molecule has 0 saturated heterocycles. The number of ether oxygens (including phenoxy) is 1. The van der Waals surface area contributed by atoms with Crippen LogP contribution in [0.1, 0.15) is 42.3 Å². The SMILES string of the molecule is CC(C)(C)OC(=O)n1cc(C#CC#Cc2ccc(C(=O)O)cc2)cn1. The summed E-state index contributed by atoms with van der Waals surface area (Å²) in [7, 11) is 0. The Morgan fingerprint density at radius 1 is 1.08 bits per heavy atom. The van der Waals surface area contributed by atoms with Crippen LogP contribution in [0.3, 0.4) is 0 Å². The van der Waals surface area contributed by atoms with Crippen LogP contribution in [-0.2, 0) is 4.74 Å². The molecular formula is C19H16N2O4. The zero-order valence-corrected chi connectivity index (χ0v) is 14.0. The normalized spacial score (nSPS) is 10.0. The minimum Gasteiger partial charge on any atom is -0.478 e. The highest BCUT2D eigenvalue weighted by atomic mass is 16.6. The molecular weight excluding hydrogens is 320 g/mol. The van der Waals surface area contributed by atoms with Crippen LogP contribution in [-0.4, -0.2) is 32.6 Å². The van der Waals surface area contributed by atoms with Crippen LogP contribution in [0.2, 0.25) is 0 Å². The molecule has 2 aromatic rings. The molecule has 1 heterocycles. The summed E-state index contributed by atoms with van der Waals surface area (Å²) in [5.74, 6) is 9.91. The maximum absolute atomic E-state index is 11.8. The van der Waals surface area contributed by atoms with Crippen molar-refractivity contribution in [1.82, 2.24) is 9.78 Å². The van der Waals surface area contributed by atoms with Gasteiger partial charge in [-0.2, -0.15) is 9.78 Å². The topological polar surface area (TPSA) is 81.4 Å². The zero-order valence-electron chi connectivity index (χ0n) is 14.0. The van der Waals surface area contributed by atoms with Crippen molar-refractivity contribution < 1.29 is 19.4 Å². The molecule has 0 atom stereocenters. The highest BCUT2D eigenvalue weighted by molar-refractivity contribution is 5.87. The van der Waals surface area contributed by atoms with Gasteiger partial charge in [0.2, 0.25) is 0 Å². The number of nitrogens with zero attached hydrogens (tertiary/aromatic N) is 2. The minimum absolute atomic E-state index is 0.200. The van der Waals surface area contributed by atoms with Crippen LogP contribution in [0.15, 0.2) is 36.7 Å². The van der Waals surface area contributed by atoms with E-state index in [2.05, 4.69) is 28.8 Å². The Hall–Kier alpha value is -3.51. The maximum Gasteiger partial charge on any atom is 0.435 e.